The fourth-order valence-corrected chi connectivity index (χ4v) is 1.79. The molecule has 0 fully saturated rings. The van der Waals surface area contributed by atoms with Crippen LogP contribution in [0.4, 0.5) is 5.69 Å². The summed E-state index contributed by atoms with van der Waals surface area (Å²) in [6.45, 7) is 2.88. The molecule has 1 amide bonds. The topological polar surface area (TPSA) is 73.6 Å². The maximum Gasteiger partial charge on any atom is 0.260 e. The highest BCUT2D eigenvalue weighted by Crippen LogP contribution is 2.30. The van der Waals surface area contributed by atoms with Gasteiger partial charge in [-0.1, -0.05) is 6.07 Å². The second-order valence-electron chi connectivity index (χ2n) is 4.06. The molecule has 0 spiro atoms. The van der Waals surface area contributed by atoms with Gasteiger partial charge in [0.2, 0.25) is 0 Å². The number of methoxy groups -OCH3 is 1. The van der Waals surface area contributed by atoms with Crippen LogP contribution in [0.25, 0.3) is 0 Å². The largest absolute Gasteiger partial charge is 0.480 e. The predicted molar refractivity (Wildman–Crippen MR) is 78.1 cm³/mol. The summed E-state index contributed by atoms with van der Waals surface area (Å²) >= 11 is 3.33. The van der Waals surface area contributed by atoms with Gasteiger partial charge in [0.05, 0.1) is 4.47 Å². The summed E-state index contributed by atoms with van der Waals surface area (Å²) < 4.78 is 11.1. The fraction of sp³-hybridized carbons (Fsp3) is 0.462. The summed E-state index contributed by atoms with van der Waals surface area (Å²) in [5.74, 6) is 0.393. The van der Waals surface area contributed by atoms with Crippen molar-refractivity contribution in [3.05, 3.63) is 22.7 Å². The molecule has 106 valence electrons. The van der Waals surface area contributed by atoms with Crippen molar-refractivity contribution in [1.29, 1.82) is 0 Å². The SMILES string of the molecule is COCCCNC(=O)C(C)Oc1cccc(N)c1Br. The Morgan fingerprint density at radius 1 is 1.53 bits per heavy atom. The Labute approximate surface area is 121 Å². The van der Waals surface area contributed by atoms with Crippen molar-refractivity contribution in [2.45, 2.75) is 19.4 Å². The molecule has 1 unspecified atom stereocenters. The number of nitrogens with one attached hydrogen (secondary N) is 1. The number of hydrogen-bond acceptors (Lipinski definition) is 4. The second kappa shape index (κ2) is 8.01. The number of ether oxygens (including phenoxy) is 2. The van der Waals surface area contributed by atoms with Crippen molar-refractivity contribution in [3.8, 4) is 5.75 Å². The predicted octanol–water partition coefficient (Wildman–Crippen LogP) is 1.95. The molecule has 0 aliphatic rings. The zero-order valence-electron chi connectivity index (χ0n) is 11.1. The Kier molecular flexibility index (Phi) is 6.66. The first-order valence-corrected chi connectivity index (χ1v) is 6.83. The molecule has 0 aliphatic carbocycles. The lowest BCUT2D eigenvalue weighted by Crippen LogP contribution is -2.37. The van der Waals surface area contributed by atoms with E-state index in [2.05, 4.69) is 21.2 Å². The Bertz CT molecular complexity index is 426. The Balaban J connectivity index is 2.47. The molecule has 0 aromatic heterocycles. The minimum Gasteiger partial charge on any atom is -0.480 e. The third-order valence-electron chi connectivity index (χ3n) is 2.49. The van der Waals surface area contributed by atoms with E-state index in [0.29, 0.717) is 29.1 Å². The number of benzene rings is 1. The van der Waals surface area contributed by atoms with E-state index >= 15 is 0 Å². The third kappa shape index (κ3) is 5.08. The van der Waals surface area contributed by atoms with Crippen LogP contribution in [-0.2, 0) is 9.53 Å². The lowest BCUT2D eigenvalue weighted by Gasteiger charge is -2.16. The molecule has 0 saturated carbocycles. The van der Waals surface area contributed by atoms with Gasteiger partial charge in [-0.3, -0.25) is 4.79 Å². The monoisotopic (exact) mass is 330 g/mol. The van der Waals surface area contributed by atoms with Gasteiger partial charge in [0, 0.05) is 25.9 Å². The highest BCUT2D eigenvalue weighted by atomic mass is 79.9. The highest BCUT2D eigenvalue weighted by Gasteiger charge is 2.15. The molecule has 3 N–H and O–H groups in total. The van der Waals surface area contributed by atoms with E-state index in [1.54, 1.807) is 32.2 Å². The first-order chi connectivity index (χ1) is 9.06. The van der Waals surface area contributed by atoms with Gasteiger partial charge in [-0.15, -0.1) is 0 Å². The molecule has 1 aromatic carbocycles. The molecule has 1 atom stereocenters. The number of rotatable bonds is 7. The summed E-state index contributed by atoms with van der Waals surface area (Å²) in [5, 5.41) is 2.78. The van der Waals surface area contributed by atoms with E-state index in [1.165, 1.54) is 0 Å². The summed E-state index contributed by atoms with van der Waals surface area (Å²) in [4.78, 5) is 11.8. The van der Waals surface area contributed by atoms with E-state index in [-0.39, 0.29) is 5.91 Å². The second-order valence-corrected chi connectivity index (χ2v) is 4.85. The van der Waals surface area contributed by atoms with Crippen LogP contribution in [0.1, 0.15) is 13.3 Å². The highest BCUT2D eigenvalue weighted by molar-refractivity contribution is 9.10. The van der Waals surface area contributed by atoms with E-state index in [1.807, 2.05) is 0 Å². The van der Waals surface area contributed by atoms with E-state index in [4.69, 9.17) is 15.2 Å². The minimum atomic E-state index is -0.583. The molecule has 0 radical (unpaired) electrons. The average molecular weight is 331 g/mol. The van der Waals surface area contributed by atoms with Crippen LogP contribution in [0.15, 0.2) is 22.7 Å². The van der Waals surface area contributed by atoms with Gasteiger partial charge in [0.15, 0.2) is 6.10 Å². The van der Waals surface area contributed by atoms with E-state index in [0.717, 1.165) is 6.42 Å². The number of amides is 1. The summed E-state index contributed by atoms with van der Waals surface area (Å²) in [6, 6.07) is 5.29. The van der Waals surface area contributed by atoms with Crippen molar-refractivity contribution in [2.24, 2.45) is 0 Å². The van der Waals surface area contributed by atoms with Gasteiger partial charge in [-0.05, 0) is 41.4 Å². The fourth-order valence-electron chi connectivity index (χ4n) is 1.43. The van der Waals surface area contributed by atoms with Gasteiger partial charge in [0.1, 0.15) is 5.75 Å². The summed E-state index contributed by atoms with van der Waals surface area (Å²) in [6.07, 6.45) is 0.192. The van der Waals surface area contributed by atoms with Gasteiger partial charge >= 0.3 is 0 Å². The Morgan fingerprint density at radius 2 is 2.26 bits per heavy atom. The molecule has 6 heteroatoms. The maximum absolute atomic E-state index is 11.8. The Hall–Kier alpha value is -1.27. The number of nitrogen functional groups attached to an aromatic ring is 1. The van der Waals surface area contributed by atoms with Crippen molar-refractivity contribution in [3.63, 3.8) is 0 Å². The van der Waals surface area contributed by atoms with Crippen LogP contribution in [0.5, 0.6) is 5.75 Å². The zero-order chi connectivity index (χ0) is 14.3. The molecule has 19 heavy (non-hydrogen) atoms. The van der Waals surface area contributed by atoms with Crippen molar-refractivity contribution in [1.82, 2.24) is 5.32 Å². The van der Waals surface area contributed by atoms with Gasteiger partial charge in [-0.25, -0.2) is 0 Å². The molecule has 0 heterocycles. The smallest absolute Gasteiger partial charge is 0.260 e. The number of hydrogen-bond donors (Lipinski definition) is 2. The van der Waals surface area contributed by atoms with Crippen LogP contribution in [0, 0.1) is 0 Å². The Morgan fingerprint density at radius 3 is 2.95 bits per heavy atom. The third-order valence-corrected chi connectivity index (χ3v) is 3.34. The van der Waals surface area contributed by atoms with Crippen LogP contribution >= 0.6 is 15.9 Å². The molecule has 0 saturated heterocycles. The molecule has 0 bridgehead atoms. The van der Waals surface area contributed by atoms with E-state index in [9.17, 15) is 4.79 Å². The molecular weight excluding hydrogens is 312 g/mol. The van der Waals surface area contributed by atoms with Crippen molar-refractivity contribution in [2.75, 3.05) is 26.0 Å². The normalized spacial score (nSPS) is 11.9. The number of anilines is 1. The first kappa shape index (κ1) is 15.8. The number of nitrogens with two attached hydrogens (primary N) is 1. The summed E-state index contributed by atoms with van der Waals surface area (Å²) in [7, 11) is 1.63. The van der Waals surface area contributed by atoms with Crippen LogP contribution < -0.4 is 15.8 Å². The van der Waals surface area contributed by atoms with Crippen LogP contribution in [-0.4, -0.2) is 32.3 Å². The molecule has 1 rings (SSSR count). The van der Waals surface area contributed by atoms with Gasteiger partial charge < -0.3 is 20.5 Å². The number of carbonyl (C=O) groups is 1. The molecule has 1 aromatic rings. The quantitative estimate of drug-likeness (QED) is 0.592. The van der Waals surface area contributed by atoms with Crippen LogP contribution in [0.3, 0.4) is 0 Å². The lowest BCUT2D eigenvalue weighted by molar-refractivity contribution is -0.127. The van der Waals surface area contributed by atoms with Crippen molar-refractivity contribution >= 4 is 27.5 Å². The van der Waals surface area contributed by atoms with Gasteiger partial charge in [-0.2, -0.15) is 0 Å². The molecule has 0 aliphatic heterocycles. The van der Waals surface area contributed by atoms with Gasteiger partial charge in [0.25, 0.3) is 5.91 Å². The number of carbonyl (C=O) groups excluding carboxylic acids is 1. The first-order valence-electron chi connectivity index (χ1n) is 6.03. The standard InChI is InChI=1S/C13H19BrN2O3/c1-9(13(17)16-7-4-8-18-2)19-11-6-3-5-10(15)12(11)14/h3,5-6,9H,4,7-8,15H2,1-2H3,(H,16,17). The maximum atomic E-state index is 11.8. The van der Waals surface area contributed by atoms with Crippen molar-refractivity contribution < 1.29 is 14.3 Å². The van der Waals surface area contributed by atoms with E-state index < -0.39 is 6.10 Å². The zero-order valence-corrected chi connectivity index (χ0v) is 12.7. The number of halogens is 1. The minimum absolute atomic E-state index is 0.162. The van der Waals surface area contributed by atoms with Crippen LogP contribution in [0.2, 0.25) is 0 Å². The molecule has 5 nitrogen and oxygen atoms in total. The average Bonchev–Trinajstić information content (AvgIpc) is 2.39. The lowest BCUT2D eigenvalue weighted by atomic mass is 10.3. The molecular formula is C13H19BrN2O3. The summed E-state index contributed by atoms with van der Waals surface area (Å²) in [5.41, 5.74) is 6.32.